The number of hydrogen-bond acceptors (Lipinski definition) is 3. The van der Waals surface area contributed by atoms with Crippen molar-refractivity contribution in [1.82, 2.24) is 10.2 Å². The summed E-state index contributed by atoms with van der Waals surface area (Å²) >= 11 is 0. The second kappa shape index (κ2) is 6.23. The second-order valence-electron chi connectivity index (χ2n) is 4.44. The lowest BCUT2D eigenvalue weighted by molar-refractivity contribution is -0.132. The zero-order valence-electron chi connectivity index (χ0n) is 10.4. The van der Waals surface area contributed by atoms with E-state index in [-0.39, 0.29) is 18.2 Å². The lowest BCUT2D eigenvalue weighted by Crippen LogP contribution is -2.30. The molecule has 0 aromatic carbocycles. The Balaban J connectivity index is 1.63. The molecule has 1 fully saturated rings. The third kappa shape index (κ3) is 3.61. The molecular weight excluding hydrogens is 232 g/mol. The molecule has 1 N–H and O–H groups in total. The predicted molar refractivity (Wildman–Crippen MR) is 65.6 cm³/mol. The van der Waals surface area contributed by atoms with Crippen molar-refractivity contribution in [3.05, 3.63) is 24.2 Å². The highest BCUT2D eigenvalue weighted by Crippen LogP contribution is 2.09. The number of likely N-dealkylation sites (tertiary alicyclic amines) is 1. The van der Waals surface area contributed by atoms with Crippen LogP contribution in [0.1, 0.15) is 31.4 Å². The van der Waals surface area contributed by atoms with Crippen molar-refractivity contribution in [3.8, 4) is 0 Å². The van der Waals surface area contributed by atoms with Gasteiger partial charge in [-0.05, 0) is 25.0 Å². The number of carbonyl (C=O) groups is 2. The molecule has 1 aliphatic rings. The van der Waals surface area contributed by atoms with Gasteiger partial charge in [-0.25, -0.2) is 0 Å². The smallest absolute Gasteiger partial charge is 0.223 e. The van der Waals surface area contributed by atoms with E-state index in [9.17, 15) is 9.59 Å². The van der Waals surface area contributed by atoms with Gasteiger partial charge in [-0.15, -0.1) is 0 Å². The van der Waals surface area contributed by atoms with Gasteiger partial charge in [0, 0.05) is 25.9 Å². The van der Waals surface area contributed by atoms with Crippen LogP contribution in [-0.2, 0) is 16.1 Å². The van der Waals surface area contributed by atoms with E-state index in [1.54, 1.807) is 18.4 Å². The fourth-order valence-electron chi connectivity index (χ4n) is 2.03. The molecule has 5 heteroatoms. The number of amides is 2. The van der Waals surface area contributed by atoms with Gasteiger partial charge in [0.1, 0.15) is 5.76 Å². The van der Waals surface area contributed by atoms with Gasteiger partial charge in [-0.1, -0.05) is 0 Å². The SMILES string of the molecule is O=C(CCC(=O)N1CCCC1)NCc1ccco1. The van der Waals surface area contributed by atoms with Crippen LogP contribution in [0.4, 0.5) is 0 Å². The van der Waals surface area contributed by atoms with E-state index in [2.05, 4.69) is 5.32 Å². The summed E-state index contributed by atoms with van der Waals surface area (Å²) in [6.45, 7) is 2.06. The van der Waals surface area contributed by atoms with Gasteiger partial charge >= 0.3 is 0 Å². The Bertz CT molecular complexity index is 394. The van der Waals surface area contributed by atoms with Crippen LogP contribution < -0.4 is 5.32 Å². The van der Waals surface area contributed by atoms with Gasteiger partial charge in [0.05, 0.1) is 12.8 Å². The van der Waals surface area contributed by atoms with Gasteiger partial charge in [0.15, 0.2) is 0 Å². The number of nitrogens with one attached hydrogen (secondary N) is 1. The van der Waals surface area contributed by atoms with Gasteiger partial charge < -0.3 is 14.6 Å². The summed E-state index contributed by atoms with van der Waals surface area (Å²) in [6, 6.07) is 3.58. The van der Waals surface area contributed by atoms with Crippen molar-refractivity contribution in [1.29, 1.82) is 0 Å². The van der Waals surface area contributed by atoms with Gasteiger partial charge in [-0.2, -0.15) is 0 Å². The zero-order valence-corrected chi connectivity index (χ0v) is 10.4. The first kappa shape index (κ1) is 12.7. The molecule has 1 aromatic heterocycles. The summed E-state index contributed by atoms with van der Waals surface area (Å²) in [7, 11) is 0. The van der Waals surface area contributed by atoms with E-state index in [0.717, 1.165) is 25.9 Å². The quantitative estimate of drug-likeness (QED) is 0.856. The summed E-state index contributed by atoms with van der Waals surface area (Å²) in [5.41, 5.74) is 0. The van der Waals surface area contributed by atoms with E-state index in [4.69, 9.17) is 4.42 Å². The monoisotopic (exact) mass is 250 g/mol. The Kier molecular flexibility index (Phi) is 4.39. The predicted octanol–water partition coefficient (Wildman–Crippen LogP) is 1.30. The van der Waals surface area contributed by atoms with Gasteiger partial charge in [-0.3, -0.25) is 9.59 Å². The van der Waals surface area contributed by atoms with Gasteiger partial charge in [0.25, 0.3) is 0 Å². The minimum absolute atomic E-state index is 0.0839. The minimum atomic E-state index is -0.112. The van der Waals surface area contributed by atoms with Crippen LogP contribution in [0.15, 0.2) is 22.8 Å². The Hall–Kier alpha value is -1.78. The highest BCUT2D eigenvalue weighted by atomic mass is 16.3. The molecule has 0 radical (unpaired) electrons. The standard InChI is InChI=1S/C13H18N2O3/c16-12(14-10-11-4-3-9-18-11)5-6-13(17)15-7-1-2-8-15/h3-4,9H,1-2,5-8,10H2,(H,14,16). The summed E-state index contributed by atoms with van der Waals surface area (Å²) in [5, 5.41) is 2.73. The third-order valence-corrected chi connectivity index (χ3v) is 3.06. The molecule has 0 spiro atoms. The van der Waals surface area contributed by atoms with Crippen LogP contribution >= 0.6 is 0 Å². The molecule has 1 aliphatic heterocycles. The average Bonchev–Trinajstić information content (AvgIpc) is 3.05. The third-order valence-electron chi connectivity index (χ3n) is 3.06. The first-order chi connectivity index (χ1) is 8.75. The molecule has 0 bridgehead atoms. The molecule has 1 saturated heterocycles. The molecule has 0 saturated carbocycles. The van der Waals surface area contributed by atoms with Crippen molar-refractivity contribution >= 4 is 11.8 Å². The van der Waals surface area contributed by atoms with Gasteiger partial charge in [0.2, 0.25) is 11.8 Å². The molecule has 2 rings (SSSR count). The maximum atomic E-state index is 11.7. The topological polar surface area (TPSA) is 62.6 Å². The highest BCUT2D eigenvalue weighted by molar-refractivity contribution is 5.83. The molecule has 18 heavy (non-hydrogen) atoms. The minimum Gasteiger partial charge on any atom is -0.467 e. The van der Waals surface area contributed by atoms with E-state index >= 15 is 0 Å². The largest absolute Gasteiger partial charge is 0.467 e. The van der Waals surface area contributed by atoms with Crippen LogP contribution in [0.5, 0.6) is 0 Å². The maximum Gasteiger partial charge on any atom is 0.223 e. The molecule has 98 valence electrons. The summed E-state index contributed by atoms with van der Waals surface area (Å²) in [5.74, 6) is 0.689. The van der Waals surface area contributed by atoms with E-state index in [1.165, 1.54) is 0 Å². The zero-order chi connectivity index (χ0) is 12.8. The maximum absolute atomic E-state index is 11.7. The summed E-state index contributed by atoms with van der Waals surface area (Å²) < 4.78 is 5.10. The molecular formula is C13H18N2O3. The first-order valence-electron chi connectivity index (χ1n) is 6.32. The lowest BCUT2D eigenvalue weighted by atomic mass is 10.2. The van der Waals surface area contributed by atoms with Crippen molar-refractivity contribution in [3.63, 3.8) is 0 Å². The molecule has 0 aliphatic carbocycles. The lowest BCUT2D eigenvalue weighted by Gasteiger charge is -2.14. The highest BCUT2D eigenvalue weighted by Gasteiger charge is 2.18. The summed E-state index contributed by atoms with van der Waals surface area (Å²) in [4.78, 5) is 25.1. The fourth-order valence-corrected chi connectivity index (χ4v) is 2.03. The van der Waals surface area contributed by atoms with E-state index in [1.807, 2.05) is 4.90 Å². The first-order valence-corrected chi connectivity index (χ1v) is 6.32. The molecule has 2 amide bonds. The Morgan fingerprint density at radius 2 is 2.06 bits per heavy atom. The Morgan fingerprint density at radius 1 is 1.28 bits per heavy atom. The number of rotatable bonds is 5. The van der Waals surface area contributed by atoms with Crippen LogP contribution in [0.25, 0.3) is 0 Å². The Labute approximate surface area is 106 Å². The van der Waals surface area contributed by atoms with E-state index in [0.29, 0.717) is 18.7 Å². The number of hydrogen-bond donors (Lipinski definition) is 1. The molecule has 0 unspecified atom stereocenters. The Morgan fingerprint density at radius 3 is 2.72 bits per heavy atom. The number of nitrogens with zero attached hydrogens (tertiary/aromatic N) is 1. The van der Waals surface area contributed by atoms with Crippen molar-refractivity contribution in [2.45, 2.75) is 32.2 Å². The second-order valence-corrected chi connectivity index (χ2v) is 4.44. The normalized spacial score (nSPS) is 14.8. The van der Waals surface area contributed by atoms with Crippen molar-refractivity contribution in [2.24, 2.45) is 0 Å². The van der Waals surface area contributed by atoms with Crippen molar-refractivity contribution < 1.29 is 14.0 Å². The van der Waals surface area contributed by atoms with E-state index < -0.39 is 0 Å². The number of furan rings is 1. The van der Waals surface area contributed by atoms with Crippen molar-refractivity contribution in [2.75, 3.05) is 13.1 Å². The molecule has 2 heterocycles. The van der Waals surface area contributed by atoms with Crippen LogP contribution in [0.2, 0.25) is 0 Å². The summed E-state index contributed by atoms with van der Waals surface area (Å²) in [6.07, 6.45) is 4.27. The van der Waals surface area contributed by atoms with Crippen LogP contribution in [-0.4, -0.2) is 29.8 Å². The number of carbonyl (C=O) groups excluding carboxylic acids is 2. The molecule has 0 atom stereocenters. The van der Waals surface area contributed by atoms with Crippen LogP contribution in [0.3, 0.4) is 0 Å². The fraction of sp³-hybridized carbons (Fsp3) is 0.538. The average molecular weight is 250 g/mol. The molecule has 1 aromatic rings. The van der Waals surface area contributed by atoms with Crippen LogP contribution in [0, 0.1) is 0 Å². The molecule has 5 nitrogen and oxygen atoms in total.